The van der Waals surface area contributed by atoms with Gasteiger partial charge in [0.1, 0.15) is 18.5 Å². The van der Waals surface area contributed by atoms with E-state index in [2.05, 4.69) is 0 Å². The number of aliphatic hydroxyl groups excluding tert-OH is 3. The zero-order valence-electron chi connectivity index (χ0n) is 18.8. The van der Waals surface area contributed by atoms with Crippen molar-refractivity contribution in [1.29, 1.82) is 0 Å². The Hall–Kier alpha value is -1.86. The van der Waals surface area contributed by atoms with E-state index < -0.39 is 18.3 Å². The average Bonchev–Trinajstić information content (AvgIpc) is 2.99. The molecule has 6 nitrogen and oxygen atoms in total. The number of carbonyl (C=O) groups is 1. The van der Waals surface area contributed by atoms with Crippen molar-refractivity contribution in [3.63, 3.8) is 0 Å². The molecule has 2 rings (SSSR count). The van der Waals surface area contributed by atoms with Crippen molar-refractivity contribution >= 4 is 17.6 Å². The maximum Gasteiger partial charge on any atom is 0.306 e. The molecule has 0 amide bonds. The maximum absolute atomic E-state index is 11.5. The largest absolute Gasteiger partial charge is 0.491 e. The van der Waals surface area contributed by atoms with E-state index in [0.29, 0.717) is 36.5 Å². The molecule has 0 bridgehead atoms. The second-order valence-electron chi connectivity index (χ2n) is 8.47. The summed E-state index contributed by atoms with van der Waals surface area (Å²) in [5, 5.41) is 31.5. The highest BCUT2D eigenvalue weighted by molar-refractivity contribution is 6.30. The molecule has 3 N–H and O–H groups in total. The van der Waals surface area contributed by atoms with Gasteiger partial charge in [0, 0.05) is 23.8 Å². The fourth-order valence-electron chi connectivity index (χ4n) is 3.81. The van der Waals surface area contributed by atoms with Gasteiger partial charge < -0.3 is 24.8 Å². The van der Waals surface area contributed by atoms with Crippen LogP contribution in [0.2, 0.25) is 5.02 Å². The van der Waals surface area contributed by atoms with Gasteiger partial charge in [0.25, 0.3) is 0 Å². The summed E-state index contributed by atoms with van der Waals surface area (Å²) in [6.07, 6.45) is 7.90. The van der Waals surface area contributed by atoms with Crippen molar-refractivity contribution in [1.82, 2.24) is 0 Å². The molecular formula is C25H35ClO6. The zero-order chi connectivity index (χ0) is 23.5. The van der Waals surface area contributed by atoms with E-state index in [1.54, 1.807) is 36.4 Å². The molecule has 0 aliphatic heterocycles. The Morgan fingerprint density at radius 1 is 1.25 bits per heavy atom. The number of unbranched alkanes of at least 4 members (excludes halogenated alkanes) is 1. The Morgan fingerprint density at radius 3 is 2.75 bits per heavy atom. The SMILES string of the molecule is CC(C)OC(=O)CCCC=CCC1C(O)CC(O)C1C=CC(O)COc1cccc(Cl)c1. The van der Waals surface area contributed by atoms with Gasteiger partial charge in [-0.2, -0.15) is 0 Å². The normalized spacial score (nSPS) is 24.5. The molecule has 0 aromatic heterocycles. The number of benzene rings is 1. The molecule has 32 heavy (non-hydrogen) atoms. The highest BCUT2D eigenvalue weighted by Crippen LogP contribution is 2.36. The van der Waals surface area contributed by atoms with Crippen molar-refractivity contribution in [2.45, 2.75) is 70.4 Å². The summed E-state index contributed by atoms with van der Waals surface area (Å²) in [7, 11) is 0. The maximum atomic E-state index is 11.5. The smallest absolute Gasteiger partial charge is 0.306 e. The third-order valence-electron chi connectivity index (χ3n) is 5.38. The van der Waals surface area contributed by atoms with Gasteiger partial charge in [-0.1, -0.05) is 42.0 Å². The van der Waals surface area contributed by atoms with Crippen LogP contribution in [0.25, 0.3) is 0 Å². The van der Waals surface area contributed by atoms with Crippen LogP contribution in [0.5, 0.6) is 5.75 Å². The Labute approximate surface area is 195 Å². The molecule has 1 aliphatic rings. The van der Waals surface area contributed by atoms with Crippen LogP contribution < -0.4 is 4.74 Å². The van der Waals surface area contributed by atoms with Crippen LogP contribution in [-0.2, 0) is 9.53 Å². The van der Waals surface area contributed by atoms with Crippen molar-refractivity contribution in [3.05, 3.63) is 53.6 Å². The number of hydrogen-bond acceptors (Lipinski definition) is 6. The van der Waals surface area contributed by atoms with Crippen molar-refractivity contribution in [2.75, 3.05) is 6.61 Å². The molecule has 7 heteroatoms. The molecule has 0 saturated heterocycles. The molecule has 5 atom stereocenters. The topological polar surface area (TPSA) is 96.2 Å². The molecule has 0 spiro atoms. The number of esters is 1. The van der Waals surface area contributed by atoms with Crippen LogP contribution in [0.15, 0.2) is 48.6 Å². The van der Waals surface area contributed by atoms with E-state index in [0.717, 1.165) is 6.42 Å². The van der Waals surface area contributed by atoms with Gasteiger partial charge in [0.05, 0.1) is 18.3 Å². The van der Waals surface area contributed by atoms with E-state index in [4.69, 9.17) is 21.1 Å². The Bertz CT molecular complexity index is 763. The molecular weight excluding hydrogens is 432 g/mol. The quantitative estimate of drug-likeness (QED) is 0.244. The van der Waals surface area contributed by atoms with Crippen LogP contribution >= 0.6 is 11.6 Å². The predicted molar refractivity (Wildman–Crippen MR) is 125 cm³/mol. The number of halogens is 1. The van der Waals surface area contributed by atoms with E-state index >= 15 is 0 Å². The molecule has 1 aromatic rings. The Balaban J connectivity index is 1.78. The van der Waals surface area contributed by atoms with Crippen LogP contribution in [0.1, 0.15) is 46.0 Å². The summed E-state index contributed by atoms with van der Waals surface area (Å²) in [5.74, 6) is -0.00598. The third kappa shape index (κ3) is 9.33. The summed E-state index contributed by atoms with van der Waals surface area (Å²) in [4.78, 5) is 11.5. The number of hydrogen-bond donors (Lipinski definition) is 3. The van der Waals surface area contributed by atoms with E-state index in [1.807, 2.05) is 26.0 Å². The molecule has 1 aromatic carbocycles. The minimum atomic E-state index is -0.847. The van der Waals surface area contributed by atoms with Crippen molar-refractivity contribution in [3.8, 4) is 5.75 Å². The van der Waals surface area contributed by atoms with Gasteiger partial charge in [0.15, 0.2) is 0 Å². The summed E-state index contributed by atoms with van der Waals surface area (Å²) < 4.78 is 10.6. The highest BCUT2D eigenvalue weighted by atomic mass is 35.5. The first-order chi connectivity index (χ1) is 15.3. The van der Waals surface area contributed by atoms with Crippen LogP contribution in [0, 0.1) is 11.8 Å². The Kier molecular flexibility index (Phi) is 11.2. The predicted octanol–water partition coefficient (Wildman–Crippen LogP) is 4.06. The van der Waals surface area contributed by atoms with E-state index in [9.17, 15) is 20.1 Å². The van der Waals surface area contributed by atoms with Gasteiger partial charge in [-0.15, -0.1) is 0 Å². The summed E-state index contributed by atoms with van der Waals surface area (Å²) >= 11 is 5.92. The van der Waals surface area contributed by atoms with Gasteiger partial charge >= 0.3 is 5.97 Å². The number of ether oxygens (including phenoxy) is 2. The van der Waals surface area contributed by atoms with Crippen LogP contribution in [0.3, 0.4) is 0 Å². The lowest BCUT2D eigenvalue weighted by atomic mass is 9.89. The minimum absolute atomic E-state index is 0.0615. The molecule has 0 radical (unpaired) electrons. The lowest BCUT2D eigenvalue weighted by molar-refractivity contribution is -0.147. The number of allylic oxidation sites excluding steroid dienone is 2. The monoisotopic (exact) mass is 466 g/mol. The minimum Gasteiger partial charge on any atom is -0.491 e. The molecule has 178 valence electrons. The first kappa shape index (κ1) is 26.4. The fraction of sp³-hybridized carbons (Fsp3) is 0.560. The van der Waals surface area contributed by atoms with E-state index in [-0.39, 0.29) is 30.5 Å². The second-order valence-corrected chi connectivity index (χ2v) is 8.91. The fourth-order valence-corrected chi connectivity index (χ4v) is 3.99. The lowest BCUT2D eigenvalue weighted by Gasteiger charge is -2.19. The molecule has 5 unspecified atom stereocenters. The summed E-state index contributed by atoms with van der Waals surface area (Å²) in [6.45, 7) is 3.72. The third-order valence-corrected chi connectivity index (χ3v) is 5.62. The van der Waals surface area contributed by atoms with Crippen molar-refractivity contribution in [2.24, 2.45) is 11.8 Å². The molecule has 1 aliphatic carbocycles. The number of carbonyl (C=O) groups excluding carboxylic acids is 1. The molecule has 1 saturated carbocycles. The van der Waals surface area contributed by atoms with Gasteiger partial charge in [-0.05, 0) is 57.2 Å². The summed E-state index contributed by atoms with van der Waals surface area (Å²) in [5.41, 5.74) is 0. The van der Waals surface area contributed by atoms with Gasteiger partial charge in [-0.25, -0.2) is 0 Å². The van der Waals surface area contributed by atoms with E-state index in [1.165, 1.54) is 0 Å². The van der Waals surface area contributed by atoms with Crippen molar-refractivity contribution < 1.29 is 29.6 Å². The number of rotatable bonds is 12. The standard InChI is InChI=1S/C25H35ClO6/c1-17(2)32-25(30)11-6-4-3-5-10-21-22(24(29)15-23(21)28)13-12-19(27)16-31-20-9-7-8-18(26)14-20/h3,5,7-9,12-14,17,19,21-24,27-29H,4,6,10-11,15-16H2,1-2H3. The van der Waals surface area contributed by atoms with Crippen LogP contribution in [-0.4, -0.2) is 52.3 Å². The lowest BCUT2D eigenvalue weighted by Crippen LogP contribution is -2.21. The second kappa shape index (κ2) is 13.6. The zero-order valence-corrected chi connectivity index (χ0v) is 19.5. The van der Waals surface area contributed by atoms with Gasteiger partial charge in [-0.3, -0.25) is 4.79 Å². The first-order valence-electron chi connectivity index (χ1n) is 11.2. The van der Waals surface area contributed by atoms with Gasteiger partial charge in [0.2, 0.25) is 0 Å². The first-order valence-corrected chi connectivity index (χ1v) is 11.6. The number of aliphatic hydroxyl groups is 3. The highest BCUT2D eigenvalue weighted by Gasteiger charge is 2.39. The average molecular weight is 467 g/mol. The Morgan fingerprint density at radius 2 is 2.03 bits per heavy atom. The molecule has 1 fully saturated rings. The molecule has 0 heterocycles. The van der Waals surface area contributed by atoms with Crippen LogP contribution in [0.4, 0.5) is 0 Å². The summed E-state index contributed by atoms with van der Waals surface area (Å²) in [6, 6.07) is 6.94.